The third-order valence-electron chi connectivity index (χ3n) is 2.91. The molecule has 1 N–H and O–H groups in total. The summed E-state index contributed by atoms with van der Waals surface area (Å²) in [5.74, 6) is 0.372. The fraction of sp³-hybridized carbons (Fsp3) is 0.750. The Morgan fingerprint density at radius 3 is 2.60 bits per heavy atom. The van der Waals surface area contributed by atoms with Crippen molar-refractivity contribution in [3.05, 3.63) is 17.5 Å². The van der Waals surface area contributed by atoms with Gasteiger partial charge in [-0.25, -0.2) is 0 Å². The van der Waals surface area contributed by atoms with Gasteiger partial charge < -0.3 is 5.11 Å². The molecule has 1 aromatic rings. The third-order valence-corrected chi connectivity index (χ3v) is 2.91. The topological polar surface area (TPSA) is 38.0 Å². The second-order valence-corrected chi connectivity index (χ2v) is 3.96. The van der Waals surface area contributed by atoms with Crippen molar-refractivity contribution in [1.29, 1.82) is 0 Å². The molecule has 3 heteroatoms. The summed E-state index contributed by atoms with van der Waals surface area (Å²) in [6, 6.07) is 2.17. The fourth-order valence-corrected chi connectivity index (χ4v) is 1.76. The zero-order valence-corrected chi connectivity index (χ0v) is 10.0. The molecule has 3 nitrogen and oxygen atoms in total. The molecule has 86 valence electrons. The minimum Gasteiger partial charge on any atom is -0.396 e. The first kappa shape index (κ1) is 12.2. The van der Waals surface area contributed by atoms with Gasteiger partial charge in [0.25, 0.3) is 0 Å². The average molecular weight is 210 g/mol. The molecule has 0 aromatic carbocycles. The van der Waals surface area contributed by atoms with E-state index in [1.54, 1.807) is 0 Å². The van der Waals surface area contributed by atoms with Gasteiger partial charge in [0.05, 0.1) is 5.69 Å². The Balaban J connectivity index is 2.77. The number of aliphatic hydroxyl groups excluding tert-OH is 1. The average Bonchev–Trinajstić information content (AvgIpc) is 2.68. The Kier molecular flexibility index (Phi) is 4.82. The van der Waals surface area contributed by atoms with Gasteiger partial charge in [0.15, 0.2) is 0 Å². The van der Waals surface area contributed by atoms with Gasteiger partial charge in [-0.2, -0.15) is 5.10 Å². The molecule has 1 heterocycles. The minimum atomic E-state index is 0.271. The first-order valence-corrected chi connectivity index (χ1v) is 5.91. The number of aromatic nitrogens is 2. The molecular weight excluding hydrogens is 188 g/mol. The van der Waals surface area contributed by atoms with Gasteiger partial charge in [0.1, 0.15) is 0 Å². The molecule has 0 saturated heterocycles. The van der Waals surface area contributed by atoms with Gasteiger partial charge in [-0.15, -0.1) is 0 Å². The molecule has 0 aliphatic carbocycles. The summed E-state index contributed by atoms with van der Waals surface area (Å²) < 4.78 is 2.05. The first-order valence-electron chi connectivity index (χ1n) is 5.91. The molecule has 1 aromatic heterocycles. The van der Waals surface area contributed by atoms with E-state index in [1.807, 2.05) is 0 Å². The minimum absolute atomic E-state index is 0.271. The van der Waals surface area contributed by atoms with Gasteiger partial charge in [0, 0.05) is 18.8 Å². The highest BCUT2D eigenvalue weighted by molar-refractivity contribution is 5.11. The molecule has 0 fully saturated rings. The van der Waals surface area contributed by atoms with Gasteiger partial charge in [-0.3, -0.25) is 4.68 Å². The molecule has 1 rings (SSSR count). The Bertz CT molecular complexity index is 290. The van der Waals surface area contributed by atoms with E-state index in [9.17, 15) is 5.11 Å². The standard InChI is InChI=1S/C12H22N2O/c1-4-10(9-15)7-12-8-11(5-2)13-14(12)6-3/h8,10,15H,4-7,9H2,1-3H3. The molecule has 0 aliphatic rings. The Morgan fingerprint density at radius 2 is 2.13 bits per heavy atom. The van der Waals surface area contributed by atoms with Crippen LogP contribution in [0.1, 0.15) is 38.6 Å². The summed E-state index contributed by atoms with van der Waals surface area (Å²) in [7, 11) is 0. The van der Waals surface area contributed by atoms with Crippen molar-refractivity contribution in [3.8, 4) is 0 Å². The van der Waals surface area contributed by atoms with Crippen LogP contribution in [-0.2, 0) is 19.4 Å². The number of rotatable bonds is 6. The molecule has 1 unspecified atom stereocenters. The van der Waals surface area contributed by atoms with Crippen LogP contribution >= 0.6 is 0 Å². The summed E-state index contributed by atoms with van der Waals surface area (Å²) in [6.45, 7) is 7.53. The molecule has 0 aliphatic heterocycles. The van der Waals surface area contributed by atoms with Crippen molar-refractivity contribution in [2.75, 3.05) is 6.61 Å². The van der Waals surface area contributed by atoms with Crippen LogP contribution in [0.4, 0.5) is 0 Å². The Morgan fingerprint density at radius 1 is 1.40 bits per heavy atom. The highest BCUT2D eigenvalue weighted by atomic mass is 16.3. The molecule has 0 amide bonds. The Labute approximate surface area is 92.1 Å². The van der Waals surface area contributed by atoms with E-state index in [2.05, 4.69) is 36.6 Å². The van der Waals surface area contributed by atoms with E-state index < -0.39 is 0 Å². The number of hydrogen-bond donors (Lipinski definition) is 1. The number of aryl methyl sites for hydroxylation is 2. The maximum Gasteiger partial charge on any atom is 0.0624 e. The lowest BCUT2D eigenvalue weighted by atomic mass is 10.0. The predicted molar refractivity (Wildman–Crippen MR) is 61.8 cm³/mol. The van der Waals surface area contributed by atoms with Crippen molar-refractivity contribution < 1.29 is 5.11 Å². The quantitative estimate of drug-likeness (QED) is 0.780. The van der Waals surface area contributed by atoms with Crippen LogP contribution in [0.2, 0.25) is 0 Å². The maximum absolute atomic E-state index is 9.19. The smallest absolute Gasteiger partial charge is 0.0624 e. The second-order valence-electron chi connectivity index (χ2n) is 3.96. The largest absolute Gasteiger partial charge is 0.396 e. The van der Waals surface area contributed by atoms with Crippen LogP contribution < -0.4 is 0 Å². The van der Waals surface area contributed by atoms with Gasteiger partial charge in [0.2, 0.25) is 0 Å². The molecular formula is C12H22N2O. The highest BCUT2D eigenvalue weighted by Crippen LogP contribution is 2.13. The fourth-order valence-electron chi connectivity index (χ4n) is 1.76. The second kappa shape index (κ2) is 5.91. The molecule has 0 bridgehead atoms. The number of nitrogens with zero attached hydrogens (tertiary/aromatic N) is 2. The van der Waals surface area contributed by atoms with E-state index in [4.69, 9.17) is 0 Å². The zero-order valence-electron chi connectivity index (χ0n) is 10.0. The van der Waals surface area contributed by atoms with Crippen molar-refractivity contribution in [3.63, 3.8) is 0 Å². The van der Waals surface area contributed by atoms with Crippen molar-refractivity contribution in [2.45, 2.75) is 46.6 Å². The van der Waals surface area contributed by atoms with Gasteiger partial charge in [-0.05, 0) is 31.7 Å². The predicted octanol–water partition coefficient (Wildman–Crippen LogP) is 2.03. The summed E-state index contributed by atoms with van der Waals surface area (Å²) >= 11 is 0. The van der Waals surface area contributed by atoms with Crippen LogP contribution in [0.25, 0.3) is 0 Å². The van der Waals surface area contributed by atoms with Crippen molar-refractivity contribution in [2.24, 2.45) is 5.92 Å². The third kappa shape index (κ3) is 3.06. The lowest BCUT2D eigenvalue weighted by Crippen LogP contribution is -2.12. The zero-order chi connectivity index (χ0) is 11.3. The summed E-state index contributed by atoms with van der Waals surface area (Å²) in [4.78, 5) is 0. The number of hydrogen-bond acceptors (Lipinski definition) is 2. The van der Waals surface area contributed by atoms with Crippen LogP contribution in [0.5, 0.6) is 0 Å². The van der Waals surface area contributed by atoms with E-state index >= 15 is 0 Å². The molecule has 0 radical (unpaired) electrons. The number of aliphatic hydroxyl groups is 1. The van der Waals surface area contributed by atoms with Crippen molar-refractivity contribution in [1.82, 2.24) is 9.78 Å². The van der Waals surface area contributed by atoms with Gasteiger partial charge in [-0.1, -0.05) is 20.3 Å². The summed E-state index contributed by atoms with van der Waals surface area (Å²) in [6.07, 6.45) is 2.94. The van der Waals surface area contributed by atoms with Crippen LogP contribution in [-0.4, -0.2) is 21.5 Å². The molecule has 15 heavy (non-hydrogen) atoms. The maximum atomic E-state index is 9.19. The van der Waals surface area contributed by atoms with Gasteiger partial charge >= 0.3 is 0 Å². The molecule has 0 spiro atoms. The van der Waals surface area contributed by atoms with Crippen LogP contribution in [0, 0.1) is 5.92 Å². The SMILES string of the molecule is CCc1cc(CC(CC)CO)n(CC)n1. The normalized spacial score (nSPS) is 13.1. The van der Waals surface area contributed by atoms with Crippen LogP contribution in [0.15, 0.2) is 6.07 Å². The van der Waals surface area contributed by atoms with Crippen LogP contribution in [0.3, 0.4) is 0 Å². The summed E-state index contributed by atoms with van der Waals surface area (Å²) in [5, 5.41) is 13.7. The van der Waals surface area contributed by atoms with E-state index in [1.165, 1.54) is 5.69 Å². The lowest BCUT2D eigenvalue weighted by Gasteiger charge is -2.11. The molecule has 1 atom stereocenters. The summed E-state index contributed by atoms with van der Waals surface area (Å²) in [5.41, 5.74) is 2.41. The molecule has 0 saturated carbocycles. The monoisotopic (exact) mass is 210 g/mol. The van der Waals surface area contributed by atoms with Crippen molar-refractivity contribution >= 4 is 0 Å². The highest BCUT2D eigenvalue weighted by Gasteiger charge is 2.11. The van der Waals surface area contributed by atoms with E-state index in [0.717, 1.165) is 31.5 Å². The lowest BCUT2D eigenvalue weighted by molar-refractivity contribution is 0.220. The Hall–Kier alpha value is -0.830. The first-order chi connectivity index (χ1) is 7.24. The van der Waals surface area contributed by atoms with E-state index in [-0.39, 0.29) is 6.61 Å². The van der Waals surface area contributed by atoms with E-state index in [0.29, 0.717) is 5.92 Å².